The van der Waals surface area contributed by atoms with Crippen molar-refractivity contribution in [3.63, 3.8) is 0 Å². The average molecular weight is 357 g/mol. The van der Waals surface area contributed by atoms with E-state index in [4.69, 9.17) is 4.74 Å². The number of carbonyl (C=O) groups is 1. The Morgan fingerprint density at radius 3 is 2.96 bits per heavy atom. The SMILES string of the molecule is COCCN1C(=O)C[C@@H](CNCc2ncccc2C)[C@@H]1c1cnn(C)c1. The van der Waals surface area contributed by atoms with E-state index in [1.54, 1.807) is 11.8 Å². The van der Waals surface area contributed by atoms with Crippen molar-refractivity contribution in [3.8, 4) is 0 Å². The average Bonchev–Trinajstić information content (AvgIpc) is 3.17. The molecule has 2 aromatic heterocycles. The van der Waals surface area contributed by atoms with Crippen molar-refractivity contribution >= 4 is 5.91 Å². The van der Waals surface area contributed by atoms with Crippen LogP contribution in [0.15, 0.2) is 30.7 Å². The van der Waals surface area contributed by atoms with E-state index in [0.29, 0.717) is 26.1 Å². The first-order chi connectivity index (χ1) is 12.6. The number of methoxy groups -OCH3 is 1. The minimum Gasteiger partial charge on any atom is -0.383 e. The second-order valence-electron chi connectivity index (χ2n) is 6.83. The summed E-state index contributed by atoms with van der Waals surface area (Å²) in [6.45, 7) is 4.66. The van der Waals surface area contributed by atoms with Crippen LogP contribution in [0.2, 0.25) is 0 Å². The summed E-state index contributed by atoms with van der Waals surface area (Å²) < 4.78 is 6.98. The smallest absolute Gasteiger partial charge is 0.223 e. The van der Waals surface area contributed by atoms with E-state index in [9.17, 15) is 4.79 Å². The van der Waals surface area contributed by atoms with Crippen LogP contribution in [0.1, 0.15) is 29.3 Å². The number of amides is 1. The molecule has 3 heterocycles. The Labute approximate surface area is 154 Å². The molecule has 0 bridgehead atoms. The second kappa shape index (κ2) is 8.42. The summed E-state index contributed by atoms with van der Waals surface area (Å²) in [6.07, 6.45) is 6.21. The molecule has 2 aromatic rings. The highest BCUT2D eigenvalue weighted by molar-refractivity contribution is 5.79. The van der Waals surface area contributed by atoms with Crippen molar-refractivity contribution < 1.29 is 9.53 Å². The van der Waals surface area contributed by atoms with Crippen LogP contribution < -0.4 is 5.32 Å². The fourth-order valence-corrected chi connectivity index (χ4v) is 3.62. The fraction of sp³-hybridized carbons (Fsp3) is 0.526. The van der Waals surface area contributed by atoms with Gasteiger partial charge in [0.15, 0.2) is 0 Å². The van der Waals surface area contributed by atoms with Crippen LogP contribution in [-0.4, -0.2) is 52.4 Å². The van der Waals surface area contributed by atoms with E-state index in [2.05, 4.69) is 28.4 Å². The first-order valence-corrected chi connectivity index (χ1v) is 8.98. The maximum absolute atomic E-state index is 12.6. The molecule has 3 rings (SSSR count). The van der Waals surface area contributed by atoms with Gasteiger partial charge in [-0.15, -0.1) is 0 Å². The zero-order chi connectivity index (χ0) is 18.5. The first kappa shape index (κ1) is 18.5. The number of hydrogen-bond donors (Lipinski definition) is 1. The van der Waals surface area contributed by atoms with Gasteiger partial charge in [-0.1, -0.05) is 6.07 Å². The highest BCUT2D eigenvalue weighted by Gasteiger charge is 2.40. The lowest BCUT2D eigenvalue weighted by Gasteiger charge is -2.27. The van der Waals surface area contributed by atoms with Crippen LogP contribution in [0, 0.1) is 12.8 Å². The van der Waals surface area contributed by atoms with Gasteiger partial charge in [0, 0.05) is 64.1 Å². The summed E-state index contributed by atoms with van der Waals surface area (Å²) in [6, 6.07) is 4.04. The monoisotopic (exact) mass is 357 g/mol. The number of aryl methyl sites for hydroxylation is 2. The Bertz CT molecular complexity index is 745. The van der Waals surface area contributed by atoms with Gasteiger partial charge in [0.2, 0.25) is 5.91 Å². The molecule has 0 aliphatic carbocycles. The molecule has 1 saturated heterocycles. The van der Waals surface area contributed by atoms with Gasteiger partial charge in [-0.3, -0.25) is 14.5 Å². The molecule has 140 valence electrons. The summed E-state index contributed by atoms with van der Waals surface area (Å²) in [4.78, 5) is 18.9. The first-order valence-electron chi connectivity index (χ1n) is 8.98. The lowest BCUT2D eigenvalue weighted by molar-refractivity contribution is -0.129. The standard InChI is InChI=1S/C19H27N5O2/c1-14-5-4-6-21-17(14)12-20-10-15-9-18(25)24(7-8-26-3)19(15)16-11-22-23(2)13-16/h4-6,11,13,15,19-20H,7-10,12H2,1-3H3/t15-,19+/m0/s1. The van der Waals surface area contributed by atoms with E-state index >= 15 is 0 Å². The van der Waals surface area contributed by atoms with Crippen molar-refractivity contribution in [2.24, 2.45) is 13.0 Å². The maximum atomic E-state index is 12.6. The number of likely N-dealkylation sites (tertiary alicyclic amines) is 1. The molecule has 1 fully saturated rings. The number of nitrogens with one attached hydrogen (secondary N) is 1. The van der Waals surface area contributed by atoms with Crippen LogP contribution in [0.5, 0.6) is 0 Å². The minimum atomic E-state index is 0.0312. The van der Waals surface area contributed by atoms with Crippen LogP contribution in [-0.2, 0) is 23.1 Å². The molecule has 1 aliphatic heterocycles. The molecule has 7 nitrogen and oxygen atoms in total. The molecule has 0 saturated carbocycles. The number of pyridine rings is 1. The molecule has 26 heavy (non-hydrogen) atoms. The molecule has 1 aliphatic rings. The molecule has 2 atom stereocenters. The van der Waals surface area contributed by atoms with Gasteiger partial charge in [0.25, 0.3) is 0 Å². The van der Waals surface area contributed by atoms with E-state index in [-0.39, 0.29) is 17.9 Å². The Morgan fingerprint density at radius 1 is 1.42 bits per heavy atom. The quantitative estimate of drug-likeness (QED) is 0.774. The van der Waals surface area contributed by atoms with E-state index in [1.807, 2.05) is 36.6 Å². The highest BCUT2D eigenvalue weighted by atomic mass is 16.5. The van der Waals surface area contributed by atoms with Crippen molar-refractivity contribution in [1.29, 1.82) is 0 Å². The number of ether oxygens (including phenoxy) is 1. The van der Waals surface area contributed by atoms with Crippen molar-refractivity contribution in [2.75, 3.05) is 26.8 Å². The topological polar surface area (TPSA) is 72.3 Å². The van der Waals surface area contributed by atoms with E-state index in [1.165, 1.54) is 5.56 Å². The minimum absolute atomic E-state index is 0.0312. The van der Waals surface area contributed by atoms with Crippen LogP contribution in [0.25, 0.3) is 0 Å². The fourth-order valence-electron chi connectivity index (χ4n) is 3.62. The normalized spacial score (nSPS) is 20.1. The Hall–Kier alpha value is -2.25. The van der Waals surface area contributed by atoms with Gasteiger partial charge in [-0.05, 0) is 18.6 Å². The Balaban J connectivity index is 1.69. The van der Waals surface area contributed by atoms with Gasteiger partial charge >= 0.3 is 0 Å². The predicted molar refractivity (Wildman–Crippen MR) is 98.3 cm³/mol. The van der Waals surface area contributed by atoms with E-state index in [0.717, 1.165) is 17.8 Å². The number of rotatable bonds is 8. The van der Waals surface area contributed by atoms with Crippen LogP contribution in [0.4, 0.5) is 0 Å². The third-order valence-electron chi connectivity index (χ3n) is 4.96. The third-order valence-corrected chi connectivity index (χ3v) is 4.96. The summed E-state index contributed by atoms with van der Waals surface area (Å²) in [5.74, 6) is 0.379. The molecule has 7 heteroatoms. The van der Waals surface area contributed by atoms with Crippen molar-refractivity contribution in [3.05, 3.63) is 47.5 Å². The summed E-state index contributed by atoms with van der Waals surface area (Å²) in [7, 11) is 3.56. The molecule has 0 unspecified atom stereocenters. The number of aromatic nitrogens is 3. The second-order valence-corrected chi connectivity index (χ2v) is 6.83. The lowest BCUT2D eigenvalue weighted by Crippen LogP contribution is -2.33. The largest absolute Gasteiger partial charge is 0.383 e. The molecular weight excluding hydrogens is 330 g/mol. The van der Waals surface area contributed by atoms with Gasteiger partial charge in [-0.2, -0.15) is 5.10 Å². The maximum Gasteiger partial charge on any atom is 0.223 e. The summed E-state index contributed by atoms with van der Waals surface area (Å²) in [5.41, 5.74) is 3.30. The van der Waals surface area contributed by atoms with Gasteiger partial charge < -0.3 is 15.0 Å². The zero-order valence-corrected chi connectivity index (χ0v) is 15.7. The molecular formula is C19H27N5O2. The van der Waals surface area contributed by atoms with E-state index < -0.39 is 0 Å². The molecule has 0 aromatic carbocycles. The summed E-state index contributed by atoms with van der Waals surface area (Å²) >= 11 is 0. The van der Waals surface area contributed by atoms with Crippen molar-refractivity contribution in [2.45, 2.75) is 25.9 Å². The van der Waals surface area contributed by atoms with Crippen LogP contribution >= 0.6 is 0 Å². The summed E-state index contributed by atoms with van der Waals surface area (Å²) in [5, 5.41) is 7.78. The number of hydrogen-bond acceptors (Lipinski definition) is 5. The molecule has 1 amide bonds. The number of carbonyl (C=O) groups excluding carboxylic acids is 1. The highest BCUT2D eigenvalue weighted by Crippen LogP contribution is 2.37. The Kier molecular flexibility index (Phi) is 6.00. The third kappa shape index (κ3) is 4.11. The Morgan fingerprint density at radius 2 is 2.27 bits per heavy atom. The van der Waals surface area contributed by atoms with Gasteiger partial charge in [0.05, 0.1) is 24.5 Å². The lowest BCUT2D eigenvalue weighted by atomic mass is 9.95. The van der Waals surface area contributed by atoms with Crippen LogP contribution in [0.3, 0.4) is 0 Å². The number of nitrogens with zero attached hydrogens (tertiary/aromatic N) is 4. The molecule has 1 N–H and O–H groups in total. The molecule has 0 spiro atoms. The van der Waals surface area contributed by atoms with Crippen molar-refractivity contribution in [1.82, 2.24) is 25.0 Å². The van der Waals surface area contributed by atoms with Gasteiger partial charge in [0.1, 0.15) is 0 Å². The molecule has 0 radical (unpaired) electrons. The van der Waals surface area contributed by atoms with Gasteiger partial charge in [-0.25, -0.2) is 0 Å². The zero-order valence-electron chi connectivity index (χ0n) is 15.7. The predicted octanol–water partition coefficient (Wildman–Crippen LogP) is 1.45.